The number of amides is 1. The van der Waals surface area contributed by atoms with E-state index in [1.54, 1.807) is 62.6 Å². The zero-order chi connectivity index (χ0) is 22.8. The second-order valence-electron chi connectivity index (χ2n) is 6.86. The van der Waals surface area contributed by atoms with Crippen LogP contribution in [0.3, 0.4) is 0 Å². The van der Waals surface area contributed by atoms with Crippen LogP contribution in [-0.2, 0) is 11.8 Å². The highest BCUT2D eigenvalue weighted by molar-refractivity contribution is 5.99. The monoisotopic (exact) mass is 432 g/mol. The molecule has 0 aliphatic carbocycles. The van der Waals surface area contributed by atoms with Crippen LogP contribution in [0.1, 0.15) is 27.6 Å². The topological polar surface area (TPSA) is 104 Å². The Kier molecular flexibility index (Phi) is 5.55. The van der Waals surface area contributed by atoms with E-state index < -0.39 is 11.9 Å². The van der Waals surface area contributed by atoms with E-state index >= 15 is 0 Å². The second-order valence-corrected chi connectivity index (χ2v) is 6.86. The third-order valence-electron chi connectivity index (χ3n) is 4.95. The van der Waals surface area contributed by atoms with E-state index in [0.717, 1.165) is 0 Å². The van der Waals surface area contributed by atoms with E-state index in [1.165, 1.54) is 22.1 Å². The second kappa shape index (κ2) is 8.46. The highest BCUT2D eigenvalue weighted by Crippen LogP contribution is 2.18. The van der Waals surface area contributed by atoms with E-state index in [0.29, 0.717) is 11.4 Å². The third-order valence-corrected chi connectivity index (χ3v) is 4.95. The number of aryl methyl sites for hydroxylation is 1. The molecule has 0 aliphatic rings. The lowest BCUT2D eigenvalue weighted by atomic mass is 10.2. The van der Waals surface area contributed by atoms with Crippen molar-refractivity contribution in [2.75, 3.05) is 13.7 Å². The van der Waals surface area contributed by atoms with Gasteiger partial charge in [0.05, 0.1) is 24.7 Å². The van der Waals surface area contributed by atoms with Crippen molar-refractivity contribution in [3.8, 4) is 5.75 Å². The molecule has 0 saturated heterocycles. The Morgan fingerprint density at radius 2 is 1.84 bits per heavy atom. The van der Waals surface area contributed by atoms with E-state index in [9.17, 15) is 14.4 Å². The zero-order valence-corrected chi connectivity index (χ0v) is 17.7. The van der Waals surface area contributed by atoms with Gasteiger partial charge in [-0.05, 0) is 37.3 Å². The van der Waals surface area contributed by atoms with Gasteiger partial charge in [0.25, 0.3) is 11.5 Å². The first-order chi connectivity index (χ1) is 15.5. The van der Waals surface area contributed by atoms with Crippen molar-refractivity contribution in [3.05, 3.63) is 81.7 Å². The summed E-state index contributed by atoms with van der Waals surface area (Å²) in [5, 5.41) is 0.197. The molecule has 162 valence electrons. The van der Waals surface area contributed by atoms with Crippen LogP contribution < -0.4 is 15.8 Å². The average molecular weight is 432 g/mol. The molecule has 0 unspecified atom stereocenters. The molecule has 4 aromatic rings. The van der Waals surface area contributed by atoms with Crippen molar-refractivity contribution in [2.45, 2.75) is 6.92 Å². The number of aromatic nitrogens is 3. The smallest absolute Gasteiger partial charge is 0.341 e. The fourth-order valence-electron chi connectivity index (χ4n) is 3.43. The van der Waals surface area contributed by atoms with Crippen molar-refractivity contribution in [3.63, 3.8) is 0 Å². The van der Waals surface area contributed by atoms with Gasteiger partial charge in [-0.2, -0.15) is 4.99 Å². The van der Waals surface area contributed by atoms with Crippen LogP contribution in [0.5, 0.6) is 5.75 Å². The van der Waals surface area contributed by atoms with Gasteiger partial charge in [-0.15, -0.1) is 0 Å². The summed E-state index contributed by atoms with van der Waals surface area (Å²) in [6.45, 7) is 1.79. The van der Waals surface area contributed by atoms with Gasteiger partial charge in [0.15, 0.2) is 5.49 Å². The lowest BCUT2D eigenvalue weighted by Gasteiger charge is -2.11. The van der Waals surface area contributed by atoms with Crippen molar-refractivity contribution in [1.82, 2.24) is 14.0 Å². The van der Waals surface area contributed by atoms with Crippen LogP contribution in [0.15, 0.2) is 64.5 Å². The molecule has 9 nitrogen and oxygen atoms in total. The minimum absolute atomic E-state index is 0.0140. The first kappa shape index (κ1) is 21.0. The number of nitrogens with zero attached hydrogens (tertiary/aromatic N) is 4. The Morgan fingerprint density at radius 3 is 2.59 bits per heavy atom. The highest BCUT2D eigenvalue weighted by Gasteiger charge is 2.19. The van der Waals surface area contributed by atoms with Gasteiger partial charge in [-0.1, -0.05) is 18.2 Å². The number of hydrogen-bond donors (Lipinski definition) is 0. The van der Waals surface area contributed by atoms with Crippen LogP contribution in [0.4, 0.5) is 0 Å². The van der Waals surface area contributed by atoms with Crippen LogP contribution in [0.25, 0.3) is 16.7 Å². The highest BCUT2D eigenvalue weighted by atomic mass is 16.5. The molecule has 0 saturated carbocycles. The number of methoxy groups -OCH3 is 1. The maximum absolute atomic E-state index is 13.1. The Balaban J connectivity index is 2.07. The van der Waals surface area contributed by atoms with Gasteiger partial charge < -0.3 is 14.0 Å². The van der Waals surface area contributed by atoms with Gasteiger partial charge in [0.1, 0.15) is 22.6 Å². The molecule has 3 heterocycles. The van der Waals surface area contributed by atoms with Gasteiger partial charge >= 0.3 is 5.97 Å². The number of carbonyl (C=O) groups is 2. The summed E-state index contributed by atoms with van der Waals surface area (Å²) in [4.78, 5) is 47.5. The molecule has 1 aromatic carbocycles. The van der Waals surface area contributed by atoms with Gasteiger partial charge in [-0.3, -0.25) is 14.0 Å². The first-order valence-electron chi connectivity index (χ1n) is 9.86. The van der Waals surface area contributed by atoms with Crippen LogP contribution in [-0.4, -0.2) is 39.5 Å². The van der Waals surface area contributed by atoms with Crippen LogP contribution in [0, 0.1) is 0 Å². The number of ether oxygens (including phenoxy) is 2. The van der Waals surface area contributed by atoms with Gasteiger partial charge in [0.2, 0.25) is 0 Å². The van der Waals surface area contributed by atoms with Crippen molar-refractivity contribution < 1.29 is 19.1 Å². The van der Waals surface area contributed by atoms with Crippen molar-refractivity contribution in [2.24, 2.45) is 12.0 Å². The predicted octanol–water partition coefficient (Wildman–Crippen LogP) is 2.11. The molecule has 0 aliphatic heterocycles. The number of hydrogen-bond acceptors (Lipinski definition) is 6. The number of benzene rings is 1. The molecule has 32 heavy (non-hydrogen) atoms. The third kappa shape index (κ3) is 3.53. The molecule has 0 radical (unpaired) electrons. The van der Waals surface area contributed by atoms with Crippen molar-refractivity contribution in [1.29, 1.82) is 0 Å². The summed E-state index contributed by atoms with van der Waals surface area (Å²) in [5.74, 6) is -0.959. The minimum atomic E-state index is -0.700. The van der Waals surface area contributed by atoms with E-state index in [1.807, 2.05) is 0 Å². The van der Waals surface area contributed by atoms with E-state index in [2.05, 4.69) is 9.98 Å². The van der Waals surface area contributed by atoms with Crippen molar-refractivity contribution >= 4 is 28.6 Å². The van der Waals surface area contributed by atoms with Crippen LogP contribution in [0.2, 0.25) is 0 Å². The number of fused-ring (bicyclic) bond motifs is 2. The lowest BCUT2D eigenvalue weighted by Crippen LogP contribution is -2.31. The van der Waals surface area contributed by atoms with E-state index in [-0.39, 0.29) is 39.8 Å². The molecule has 3 aromatic heterocycles. The Hall–Kier alpha value is -4.27. The Labute approximate surface area is 182 Å². The largest absolute Gasteiger partial charge is 0.496 e. The molecule has 0 N–H and O–H groups in total. The Morgan fingerprint density at radius 1 is 1.09 bits per heavy atom. The summed E-state index contributed by atoms with van der Waals surface area (Å²) >= 11 is 0. The summed E-state index contributed by atoms with van der Waals surface area (Å²) in [6.07, 6.45) is 1.59. The fourth-order valence-corrected chi connectivity index (χ4v) is 3.43. The zero-order valence-electron chi connectivity index (χ0n) is 17.7. The fraction of sp³-hybridized carbons (Fsp3) is 0.174. The lowest BCUT2D eigenvalue weighted by molar-refractivity contribution is 0.0523. The number of pyridine rings is 2. The number of para-hydroxylation sites is 1. The van der Waals surface area contributed by atoms with E-state index in [4.69, 9.17) is 9.47 Å². The summed E-state index contributed by atoms with van der Waals surface area (Å²) < 4.78 is 13.2. The molecule has 1 amide bonds. The standard InChI is InChI=1S/C23H20N4O5/c1-4-32-23(30)16-13-15-19(24-18-11-7-8-12-27(18)22(15)29)26(2)20(16)25-21(28)14-9-5-6-10-17(14)31-3/h5-13H,4H2,1-3H3. The molecule has 0 atom stereocenters. The molecule has 4 rings (SSSR count). The molecule has 0 fully saturated rings. The first-order valence-corrected chi connectivity index (χ1v) is 9.86. The quantitative estimate of drug-likeness (QED) is 0.361. The molecule has 9 heteroatoms. The number of carbonyl (C=O) groups excluding carboxylic acids is 2. The maximum Gasteiger partial charge on any atom is 0.341 e. The maximum atomic E-state index is 13.1. The minimum Gasteiger partial charge on any atom is -0.496 e. The number of esters is 1. The summed E-state index contributed by atoms with van der Waals surface area (Å²) in [6, 6.07) is 13.2. The summed E-state index contributed by atoms with van der Waals surface area (Å²) in [7, 11) is 3.04. The average Bonchev–Trinajstić information content (AvgIpc) is 2.81. The van der Waals surface area contributed by atoms with Crippen LogP contribution >= 0.6 is 0 Å². The predicted molar refractivity (Wildman–Crippen MR) is 117 cm³/mol. The SMILES string of the molecule is CCOC(=O)c1cc2c(=O)n3ccccc3nc2n(C)c1=NC(=O)c1ccccc1OC. The normalized spacial score (nSPS) is 11.7. The molecular formula is C23H20N4O5. The molecule has 0 spiro atoms. The summed E-state index contributed by atoms with van der Waals surface area (Å²) in [5.41, 5.74) is 0.594. The molecular weight excluding hydrogens is 412 g/mol. The number of rotatable bonds is 4. The Bertz CT molecular complexity index is 1500. The van der Waals surface area contributed by atoms with Gasteiger partial charge in [0, 0.05) is 13.2 Å². The molecule has 0 bridgehead atoms. The van der Waals surface area contributed by atoms with Gasteiger partial charge in [-0.25, -0.2) is 9.78 Å².